The summed E-state index contributed by atoms with van der Waals surface area (Å²) >= 11 is 0. The van der Waals surface area contributed by atoms with Gasteiger partial charge in [-0.25, -0.2) is 18.0 Å². The Morgan fingerprint density at radius 1 is 1.33 bits per heavy atom. The summed E-state index contributed by atoms with van der Waals surface area (Å²) in [6.45, 7) is 0. The van der Waals surface area contributed by atoms with Crippen LogP contribution in [-0.4, -0.2) is 24.8 Å². The van der Waals surface area contributed by atoms with Crippen LogP contribution < -0.4 is 0 Å². The van der Waals surface area contributed by atoms with Gasteiger partial charge in [0.15, 0.2) is 17.5 Å². The van der Waals surface area contributed by atoms with E-state index >= 15 is 0 Å². The number of hydrogen-bond donors (Lipinski definition) is 0. The summed E-state index contributed by atoms with van der Waals surface area (Å²) < 4.78 is 43.4. The molecule has 6 heteroatoms. The van der Waals surface area contributed by atoms with Crippen LogP contribution in [-0.2, 0) is 9.53 Å². The number of aliphatic imine (C=N–C) groups is 1. The first kappa shape index (κ1) is 12.6. The molecule has 0 amide bonds. The molecule has 1 aromatic rings. The standard InChI is InChI=1S/C12H10F3NO2/c1-18-12(17)10-3-2-9(16-10)6-4-7(13)11(15)8(14)5-6/h4-5,10H,2-3H2,1H3. The van der Waals surface area contributed by atoms with Crippen LogP contribution in [0.1, 0.15) is 18.4 Å². The van der Waals surface area contributed by atoms with Crippen LogP contribution in [0.5, 0.6) is 0 Å². The first-order valence-corrected chi connectivity index (χ1v) is 5.32. The fraction of sp³-hybridized carbons (Fsp3) is 0.333. The largest absolute Gasteiger partial charge is 0.467 e. The maximum absolute atomic E-state index is 13.1. The number of nitrogens with zero attached hydrogens (tertiary/aromatic N) is 1. The molecule has 1 aliphatic rings. The molecule has 0 fully saturated rings. The van der Waals surface area contributed by atoms with Gasteiger partial charge in [-0.05, 0) is 25.0 Å². The summed E-state index contributed by atoms with van der Waals surface area (Å²) in [5.41, 5.74) is 0.529. The van der Waals surface area contributed by atoms with Gasteiger partial charge in [-0.3, -0.25) is 4.99 Å². The molecule has 1 heterocycles. The smallest absolute Gasteiger partial charge is 0.330 e. The number of ether oxygens (including phenoxy) is 1. The number of carbonyl (C=O) groups is 1. The van der Waals surface area contributed by atoms with Crippen LogP contribution in [0.3, 0.4) is 0 Å². The maximum atomic E-state index is 13.1. The van der Waals surface area contributed by atoms with E-state index in [1.54, 1.807) is 0 Å². The fourth-order valence-electron chi connectivity index (χ4n) is 1.84. The Morgan fingerprint density at radius 2 is 1.94 bits per heavy atom. The second-order valence-electron chi connectivity index (χ2n) is 3.91. The van der Waals surface area contributed by atoms with E-state index < -0.39 is 29.5 Å². The molecule has 3 nitrogen and oxygen atoms in total. The van der Waals surface area contributed by atoms with Crippen LogP contribution in [0.2, 0.25) is 0 Å². The van der Waals surface area contributed by atoms with E-state index in [1.807, 2.05) is 0 Å². The Balaban J connectivity index is 2.31. The molecule has 0 saturated heterocycles. The van der Waals surface area contributed by atoms with Crippen molar-refractivity contribution >= 4 is 11.7 Å². The van der Waals surface area contributed by atoms with Crippen molar-refractivity contribution in [3.05, 3.63) is 35.1 Å². The van der Waals surface area contributed by atoms with E-state index in [4.69, 9.17) is 0 Å². The summed E-state index contributed by atoms with van der Waals surface area (Å²) in [5, 5.41) is 0. The quantitative estimate of drug-likeness (QED) is 0.602. The monoisotopic (exact) mass is 257 g/mol. The van der Waals surface area contributed by atoms with Crippen molar-refractivity contribution in [3.63, 3.8) is 0 Å². The zero-order valence-corrected chi connectivity index (χ0v) is 9.54. The van der Waals surface area contributed by atoms with Crippen molar-refractivity contribution in [2.75, 3.05) is 7.11 Å². The predicted molar refractivity (Wildman–Crippen MR) is 57.9 cm³/mol. The van der Waals surface area contributed by atoms with Crippen LogP contribution in [0.4, 0.5) is 13.2 Å². The third-order valence-corrected chi connectivity index (χ3v) is 2.76. The summed E-state index contributed by atoms with van der Waals surface area (Å²) in [4.78, 5) is 15.3. The van der Waals surface area contributed by atoms with E-state index in [0.717, 1.165) is 12.1 Å². The average molecular weight is 257 g/mol. The molecule has 0 aromatic heterocycles. The molecule has 0 aliphatic carbocycles. The molecule has 0 spiro atoms. The van der Waals surface area contributed by atoms with Gasteiger partial charge in [0.05, 0.1) is 7.11 Å². The van der Waals surface area contributed by atoms with Gasteiger partial charge in [0.25, 0.3) is 0 Å². The Labute approximate surface area is 101 Å². The molecule has 1 aromatic carbocycles. The Morgan fingerprint density at radius 3 is 2.50 bits per heavy atom. The highest BCUT2D eigenvalue weighted by Gasteiger charge is 2.26. The highest BCUT2D eigenvalue weighted by atomic mass is 19.2. The van der Waals surface area contributed by atoms with Gasteiger partial charge in [-0.2, -0.15) is 0 Å². The van der Waals surface area contributed by atoms with Gasteiger partial charge >= 0.3 is 5.97 Å². The minimum Gasteiger partial charge on any atom is -0.467 e. The molecule has 1 unspecified atom stereocenters. The molecule has 1 aliphatic heterocycles. The van der Waals surface area contributed by atoms with Crippen molar-refractivity contribution in [2.45, 2.75) is 18.9 Å². The molecular weight excluding hydrogens is 247 g/mol. The maximum Gasteiger partial charge on any atom is 0.330 e. The number of carbonyl (C=O) groups excluding carboxylic acids is 1. The highest BCUT2D eigenvalue weighted by molar-refractivity contribution is 6.03. The predicted octanol–water partition coefficient (Wildman–Crippen LogP) is 2.23. The van der Waals surface area contributed by atoms with Crippen LogP contribution in [0, 0.1) is 17.5 Å². The molecule has 0 radical (unpaired) electrons. The Bertz CT molecular complexity index is 505. The van der Waals surface area contributed by atoms with Crippen LogP contribution in [0.15, 0.2) is 17.1 Å². The van der Waals surface area contributed by atoms with Crippen molar-refractivity contribution in [1.82, 2.24) is 0 Å². The van der Waals surface area contributed by atoms with Gasteiger partial charge in [-0.15, -0.1) is 0 Å². The minimum atomic E-state index is -1.51. The number of esters is 1. The molecule has 0 N–H and O–H groups in total. The number of hydrogen-bond acceptors (Lipinski definition) is 3. The molecule has 0 saturated carbocycles. The van der Waals surface area contributed by atoms with Gasteiger partial charge in [0.2, 0.25) is 0 Å². The zero-order valence-electron chi connectivity index (χ0n) is 9.54. The minimum absolute atomic E-state index is 0.151. The molecule has 2 rings (SSSR count). The fourth-order valence-corrected chi connectivity index (χ4v) is 1.84. The molecule has 18 heavy (non-hydrogen) atoms. The molecule has 1 atom stereocenters. The van der Waals surface area contributed by atoms with E-state index in [0.29, 0.717) is 18.6 Å². The number of methoxy groups -OCH3 is 1. The Hall–Kier alpha value is -1.85. The van der Waals surface area contributed by atoms with Gasteiger partial charge in [0.1, 0.15) is 6.04 Å². The molecule has 0 bridgehead atoms. The lowest BCUT2D eigenvalue weighted by molar-refractivity contribution is -0.141. The molecule has 96 valence electrons. The summed E-state index contributed by atoms with van der Waals surface area (Å²) in [6, 6.07) is 1.09. The van der Waals surface area contributed by atoms with Crippen LogP contribution in [0.25, 0.3) is 0 Å². The van der Waals surface area contributed by atoms with E-state index in [-0.39, 0.29) is 5.56 Å². The lowest BCUT2D eigenvalue weighted by Gasteiger charge is -2.03. The second-order valence-corrected chi connectivity index (χ2v) is 3.91. The van der Waals surface area contributed by atoms with Gasteiger partial charge in [-0.1, -0.05) is 0 Å². The van der Waals surface area contributed by atoms with E-state index in [9.17, 15) is 18.0 Å². The Kier molecular flexibility index (Phi) is 3.36. The highest BCUT2D eigenvalue weighted by Crippen LogP contribution is 2.22. The lowest BCUT2D eigenvalue weighted by atomic mass is 10.1. The van der Waals surface area contributed by atoms with Gasteiger partial charge in [0, 0.05) is 11.3 Å². The lowest BCUT2D eigenvalue weighted by Crippen LogP contribution is -2.16. The van der Waals surface area contributed by atoms with E-state index in [2.05, 4.69) is 9.73 Å². The van der Waals surface area contributed by atoms with Crippen molar-refractivity contribution < 1.29 is 22.7 Å². The number of benzene rings is 1. The topological polar surface area (TPSA) is 38.7 Å². The van der Waals surface area contributed by atoms with Crippen molar-refractivity contribution in [1.29, 1.82) is 0 Å². The average Bonchev–Trinajstić information content (AvgIpc) is 2.84. The third kappa shape index (κ3) is 2.23. The SMILES string of the molecule is COC(=O)C1CCC(c2cc(F)c(F)c(F)c2)=N1. The number of rotatable bonds is 2. The summed E-state index contributed by atoms with van der Waals surface area (Å²) in [6.07, 6.45) is 0.812. The summed E-state index contributed by atoms with van der Waals surface area (Å²) in [7, 11) is 1.24. The normalized spacial score (nSPS) is 18.7. The van der Waals surface area contributed by atoms with Crippen molar-refractivity contribution in [3.8, 4) is 0 Å². The third-order valence-electron chi connectivity index (χ3n) is 2.76. The second kappa shape index (κ2) is 4.80. The molecular formula is C12H10F3NO2. The van der Waals surface area contributed by atoms with Crippen LogP contribution >= 0.6 is 0 Å². The first-order chi connectivity index (χ1) is 8.52. The van der Waals surface area contributed by atoms with E-state index in [1.165, 1.54) is 7.11 Å². The summed E-state index contributed by atoms with van der Waals surface area (Å²) in [5.74, 6) is -4.54. The van der Waals surface area contributed by atoms with Gasteiger partial charge < -0.3 is 4.74 Å². The zero-order chi connectivity index (χ0) is 13.3. The first-order valence-electron chi connectivity index (χ1n) is 5.32. The number of halogens is 3. The van der Waals surface area contributed by atoms with Crippen molar-refractivity contribution in [2.24, 2.45) is 4.99 Å².